The van der Waals surface area contributed by atoms with Crippen molar-refractivity contribution >= 4 is 64.9 Å². The smallest absolute Gasteiger partial charge is 0.324 e. The molecule has 0 radical (unpaired) electrons. The number of esters is 1. The Labute approximate surface area is 380 Å². The lowest BCUT2D eigenvalue weighted by atomic mass is 9.84. The molecule has 2 fully saturated rings. The van der Waals surface area contributed by atoms with E-state index in [4.69, 9.17) is 14.2 Å². The monoisotopic (exact) mass is 888 g/mol. The molecule has 1 N–H and O–H groups in total. The van der Waals surface area contributed by atoms with Crippen LogP contribution in [0.15, 0.2) is 65.7 Å². The zero-order valence-electron chi connectivity index (χ0n) is 38.7. The first-order valence-corrected chi connectivity index (χ1v) is 22.6. The van der Waals surface area contributed by atoms with Crippen LogP contribution in [0.25, 0.3) is 27.6 Å². The number of aliphatic imine (C=N–C) groups is 1. The Bertz CT molecular complexity index is 2490. The molecule has 6 bridgehead atoms. The summed E-state index contributed by atoms with van der Waals surface area (Å²) in [7, 11) is 3.25. The normalized spacial score (nSPS) is 21.6. The number of aromatic nitrogens is 1. The molecule has 3 aromatic rings. The lowest BCUT2D eigenvalue weighted by molar-refractivity contribution is -0.156. The van der Waals surface area contributed by atoms with Gasteiger partial charge in [0.05, 0.1) is 36.0 Å². The lowest BCUT2D eigenvalue weighted by Gasteiger charge is -2.35. The van der Waals surface area contributed by atoms with Crippen molar-refractivity contribution in [1.29, 1.82) is 0 Å². The lowest BCUT2D eigenvalue weighted by Crippen LogP contribution is -2.58. The second kappa shape index (κ2) is 19.9. The Balaban J connectivity index is 1.22. The van der Waals surface area contributed by atoms with E-state index in [9.17, 15) is 24.0 Å². The van der Waals surface area contributed by atoms with Gasteiger partial charge in [-0.3, -0.25) is 29.0 Å². The van der Waals surface area contributed by atoms with E-state index in [0.29, 0.717) is 51.9 Å². The van der Waals surface area contributed by atoms with Gasteiger partial charge in [0.15, 0.2) is 12.5 Å². The van der Waals surface area contributed by atoms with Crippen molar-refractivity contribution in [1.82, 2.24) is 29.5 Å². The third-order valence-electron chi connectivity index (χ3n) is 12.9. The van der Waals surface area contributed by atoms with Gasteiger partial charge >= 0.3 is 12.2 Å². The molecular weight excluding hydrogens is 827 g/mol. The Morgan fingerprint density at radius 3 is 2.62 bits per heavy atom. The van der Waals surface area contributed by atoms with E-state index in [2.05, 4.69) is 65.2 Å². The highest BCUT2D eigenvalue weighted by atomic mass is 16.5. The second-order valence-electron chi connectivity index (χ2n) is 18.6. The van der Waals surface area contributed by atoms with Crippen molar-refractivity contribution < 1.29 is 38.2 Å². The summed E-state index contributed by atoms with van der Waals surface area (Å²) in [6.45, 7) is 15.8. The number of nitrogens with one attached hydrogen (secondary N) is 1. The van der Waals surface area contributed by atoms with Crippen LogP contribution in [0.3, 0.4) is 0 Å². The van der Waals surface area contributed by atoms with E-state index in [0.717, 1.165) is 56.4 Å². The third-order valence-corrected chi connectivity index (χ3v) is 12.9. The van der Waals surface area contributed by atoms with Crippen LogP contribution in [0.4, 0.5) is 0 Å². The number of hydrogen-bond donors (Lipinski definition) is 1. The number of nitrogens with zero attached hydrogens (tertiary/aromatic N) is 6. The number of likely N-dealkylation sites (N-methyl/N-ethyl adjacent to an activating group) is 1. The largest absolute Gasteiger partial charge is 0.470 e. The van der Waals surface area contributed by atoms with Crippen LogP contribution in [0.1, 0.15) is 70.7 Å². The van der Waals surface area contributed by atoms with Crippen LogP contribution in [0.2, 0.25) is 0 Å². The molecule has 4 atom stereocenters. The molecule has 4 aliphatic rings. The summed E-state index contributed by atoms with van der Waals surface area (Å²) in [5.74, 6) is -2.75. The topological polar surface area (TPSA) is 166 Å². The SMILES string of the molecule is C=CC(=O)N1CC[C@H](C(=O)N(C)[C@H](C(=O)N=COC2Cc3cccc(c3)-c3ccc4c(c3)c(c(C3=C(COC)C=[N+]=C3)n4CC)CC(C)(C)COC(=O)[C@@H]3CCCN(N3)C2=O)C(C)C)C1. The van der Waals surface area contributed by atoms with E-state index in [-0.39, 0.29) is 37.3 Å². The molecule has 4 aliphatic heterocycles. The highest BCUT2D eigenvalue weighted by Gasteiger charge is 2.39. The molecule has 0 saturated carbocycles. The average molecular weight is 889 g/mol. The molecule has 344 valence electrons. The standard InChI is InChI=1S/C50H62N7O8/c1-9-43(58)55-20-18-35(27-55)47(60)54(7)44(31(3)4)46(59)52-30-65-42-22-32-13-11-14-33(21-32)34-16-17-41-37(23-34)38(45(56(41)10-2)39-26-51-25-36(39)28-63-8)24-50(5,6)29-64-49(62)40-15-12-19-57(53-40)48(42)61/h9,11,13-14,16-17,21,23,25-26,30-31,35,40,42,44,53H,1,10,12,15,18-20,22,24,27-29H2,2-8H3/q+1/t35-,40-,42?,44-/m0/s1. The number of carbonyl (C=O) groups excluding carboxylic acids is 5. The van der Waals surface area contributed by atoms with Gasteiger partial charge in [-0.15, -0.1) is 0 Å². The minimum absolute atomic E-state index is 0.123. The number of likely N-dealkylation sites (tertiary alicyclic amines) is 1. The first-order chi connectivity index (χ1) is 31.1. The maximum Gasteiger partial charge on any atom is 0.324 e. The van der Waals surface area contributed by atoms with Crippen LogP contribution < -0.4 is 10.1 Å². The zero-order chi connectivity index (χ0) is 46.6. The first-order valence-electron chi connectivity index (χ1n) is 22.6. The fourth-order valence-corrected chi connectivity index (χ4v) is 9.57. The Morgan fingerprint density at radius 1 is 1.09 bits per heavy atom. The van der Waals surface area contributed by atoms with Gasteiger partial charge in [-0.1, -0.05) is 69.3 Å². The first kappa shape index (κ1) is 46.8. The van der Waals surface area contributed by atoms with Crippen molar-refractivity contribution in [2.75, 3.05) is 47.0 Å². The number of rotatable bonds is 11. The van der Waals surface area contributed by atoms with Crippen molar-refractivity contribution in [2.45, 2.75) is 91.5 Å². The fourth-order valence-electron chi connectivity index (χ4n) is 9.57. The predicted molar refractivity (Wildman–Crippen MR) is 251 cm³/mol. The zero-order valence-corrected chi connectivity index (χ0v) is 38.7. The molecule has 1 aromatic heterocycles. The van der Waals surface area contributed by atoms with Crippen LogP contribution in [-0.2, 0) is 57.6 Å². The van der Waals surface area contributed by atoms with Crippen LogP contribution in [0, 0.1) is 17.3 Å². The molecular formula is C50H62N7O8+. The van der Waals surface area contributed by atoms with Gasteiger partial charge in [-0.05, 0) is 79.0 Å². The van der Waals surface area contributed by atoms with Crippen molar-refractivity contribution in [3.63, 3.8) is 0 Å². The predicted octanol–water partition coefficient (Wildman–Crippen LogP) is 4.57. The summed E-state index contributed by atoms with van der Waals surface area (Å²) in [6.07, 6.45) is 7.07. The van der Waals surface area contributed by atoms with Gasteiger partial charge in [-0.25, -0.2) is 5.43 Å². The number of benzene rings is 2. The molecule has 65 heavy (non-hydrogen) atoms. The number of amides is 4. The van der Waals surface area contributed by atoms with Crippen molar-refractivity contribution in [3.05, 3.63) is 77.5 Å². The number of carbonyl (C=O) groups is 5. The summed E-state index contributed by atoms with van der Waals surface area (Å²) in [5, 5.41) is 2.49. The van der Waals surface area contributed by atoms with Crippen molar-refractivity contribution in [3.8, 4) is 11.1 Å². The summed E-state index contributed by atoms with van der Waals surface area (Å²) < 4.78 is 24.6. The summed E-state index contributed by atoms with van der Waals surface area (Å²) in [6, 6.07) is 12.8. The average Bonchev–Trinajstić information content (AvgIpc) is 4.05. The molecule has 0 aliphatic carbocycles. The number of allylic oxidation sites excluding steroid dienone is 1. The number of aryl methyl sites for hydroxylation is 1. The molecule has 15 heteroatoms. The Hall–Kier alpha value is -6.15. The van der Waals surface area contributed by atoms with Crippen LogP contribution in [0.5, 0.6) is 0 Å². The number of hydrazine groups is 1. The van der Waals surface area contributed by atoms with E-state index in [1.165, 1.54) is 16.0 Å². The number of fused-ring (bicyclic) bond motifs is 6. The highest BCUT2D eigenvalue weighted by molar-refractivity contribution is 6.21. The maximum atomic E-state index is 14.4. The second-order valence-corrected chi connectivity index (χ2v) is 18.6. The highest BCUT2D eigenvalue weighted by Crippen LogP contribution is 2.39. The van der Waals surface area contributed by atoms with Gasteiger partial charge in [-0.2, -0.15) is 4.99 Å². The molecule has 7 rings (SSSR count). The van der Waals surface area contributed by atoms with E-state index in [1.807, 2.05) is 50.5 Å². The molecule has 15 nitrogen and oxygen atoms in total. The number of ether oxygens (including phenoxy) is 3. The fraction of sp³-hybridized carbons (Fsp3) is 0.480. The minimum Gasteiger partial charge on any atom is -0.470 e. The molecule has 2 aromatic carbocycles. The van der Waals surface area contributed by atoms with Gasteiger partial charge < -0.3 is 28.6 Å². The van der Waals surface area contributed by atoms with Crippen LogP contribution >= 0.6 is 0 Å². The molecule has 4 amide bonds. The summed E-state index contributed by atoms with van der Waals surface area (Å²) in [5.41, 5.74) is 10.6. The van der Waals surface area contributed by atoms with Crippen molar-refractivity contribution in [2.24, 2.45) is 22.2 Å². The van der Waals surface area contributed by atoms with Gasteiger partial charge in [0.1, 0.15) is 12.1 Å². The Morgan fingerprint density at radius 2 is 1.88 bits per heavy atom. The van der Waals surface area contributed by atoms with Gasteiger partial charge in [0, 0.05) is 63.1 Å². The number of hydrogen-bond acceptors (Lipinski definition) is 9. The number of methoxy groups -OCH3 is 1. The number of cyclic esters (lactones) is 1. The maximum absolute atomic E-state index is 14.4. The van der Waals surface area contributed by atoms with Gasteiger partial charge in [0.25, 0.3) is 18.0 Å². The summed E-state index contributed by atoms with van der Waals surface area (Å²) >= 11 is 0. The quantitative estimate of drug-likeness (QED) is 0.0955. The third kappa shape index (κ3) is 10.1. The molecule has 2 saturated heterocycles. The van der Waals surface area contributed by atoms with E-state index in [1.54, 1.807) is 19.1 Å². The molecule has 1 unspecified atom stereocenters. The molecule has 5 heterocycles. The van der Waals surface area contributed by atoms with E-state index >= 15 is 0 Å². The minimum atomic E-state index is -1.14. The van der Waals surface area contributed by atoms with E-state index < -0.39 is 47.3 Å². The Kier molecular flexibility index (Phi) is 14.4. The summed E-state index contributed by atoms with van der Waals surface area (Å²) in [4.78, 5) is 74.9. The van der Waals surface area contributed by atoms with Gasteiger partial charge in [0.2, 0.25) is 11.8 Å². The molecule has 0 spiro atoms. The van der Waals surface area contributed by atoms with Crippen LogP contribution in [-0.4, -0.2) is 133 Å².